The number of carbonyl (C=O) groups is 2. The van der Waals surface area contributed by atoms with Gasteiger partial charge in [-0.15, -0.1) is 6.42 Å². The number of azo groups is 1. The summed E-state index contributed by atoms with van der Waals surface area (Å²) in [6.45, 7) is 2.66. The monoisotopic (exact) mass is 239 g/mol. The fraction of sp³-hybridized carbons (Fsp3) is 0.600. The smallest absolute Gasteiger partial charge is 0.370 e. The van der Waals surface area contributed by atoms with Crippen LogP contribution in [0.15, 0.2) is 10.2 Å². The number of amides is 4. The fourth-order valence-corrected chi connectivity index (χ4v) is 1.27. The highest BCUT2D eigenvalue weighted by atomic mass is 16.5. The van der Waals surface area contributed by atoms with Gasteiger partial charge in [0.2, 0.25) is 0 Å². The minimum Gasteiger partial charge on any atom is -0.374 e. The zero-order valence-electron chi connectivity index (χ0n) is 9.46. The van der Waals surface area contributed by atoms with Crippen LogP contribution in [0.25, 0.3) is 0 Å². The molecule has 1 aliphatic heterocycles. The summed E-state index contributed by atoms with van der Waals surface area (Å²) >= 11 is 0. The van der Waals surface area contributed by atoms with E-state index < -0.39 is 18.2 Å². The number of rotatable bonds is 7. The Morgan fingerprint density at radius 1 is 1.41 bits per heavy atom. The molecule has 0 saturated carbocycles. The molecule has 4 amide bonds. The normalized spacial score (nSPS) is 16.4. The topological polar surface area (TPSA) is 80.6 Å². The van der Waals surface area contributed by atoms with Crippen molar-refractivity contribution in [3.8, 4) is 12.3 Å². The number of nitrogens with zero attached hydrogens (tertiary/aromatic N) is 3. The van der Waals surface area contributed by atoms with E-state index in [0.29, 0.717) is 6.61 Å². The van der Waals surface area contributed by atoms with Gasteiger partial charge in [-0.25, -0.2) is 14.5 Å². The molecular formula is C10H13N3O4. The molecule has 0 aromatic heterocycles. The molecule has 0 spiro atoms. The second kappa shape index (κ2) is 6.73. The second-order valence-corrected chi connectivity index (χ2v) is 3.17. The van der Waals surface area contributed by atoms with E-state index in [9.17, 15) is 9.59 Å². The standard InChI is InChI=1S/C10H13N3O4/c1-3-5-16-7-8(17-4-2)6-13-9(14)11-12-10(13)15/h1,8H,4-7H2,2H3. The van der Waals surface area contributed by atoms with Crippen molar-refractivity contribution in [1.82, 2.24) is 4.90 Å². The van der Waals surface area contributed by atoms with E-state index >= 15 is 0 Å². The first kappa shape index (κ1) is 13.3. The van der Waals surface area contributed by atoms with Crippen molar-refractivity contribution in [3.63, 3.8) is 0 Å². The summed E-state index contributed by atoms with van der Waals surface area (Å²) in [5.41, 5.74) is 0. The van der Waals surface area contributed by atoms with E-state index in [1.165, 1.54) is 0 Å². The first-order valence-corrected chi connectivity index (χ1v) is 5.09. The average molecular weight is 239 g/mol. The highest BCUT2D eigenvalue weighted by Crippen LogP contribution is 2.09. The van der Waals surface area contributed by atoms with E-state index in [0.717, 1.165) is 4.90 Å². The lowest BCUT2D eigenvalue weighted by Crippen LogP contribution is -2.39. The van der Waals surface area contributed by atoms with Crippen molar-refractivity contribution in [2.75, 3.05) is 26.4 Å². The molecule has 92 valence electrons. The summed E-state index contributed by atoms with van der Waals surface area (Å²) in [5, 5.41) is 6.28. The van der Waals surface area contributed by atoms with Gasteiger partial charge in [-0.05, 0) is 6.92 Å². The molecule has 0 fully saturated rings. The minimum atomic E-state index is -0.684. The van der Waals surface area contributed by atoms with Gasteiger partial charge in [0, 0.05) is 6.61 Å². The Morgan fingerprint density at radius 2 is 2.06 bits per heavy atom. The Hall–Kier alpha value is -1.78. The number of ether oxygens (including phenoxy) is 2. The number of hydrogen-bond acceptors (Lipinski definition) is 4. The van der Waals surface area contributed by atoms with Gasteiger partial charge in [-0.2, -0.15) is 0 Å². The van der Waals surface area contributed by atoms with Gasteiger partial charge in [-0.1, -0.05) is 16.1 Å². The Bertz CT molecular complexity index is 343. The van der Waals surface area contributed by atoms with Crippen LogP contribution >= 0.6 is 0 Å². The molecule has 0 saturated heterocycles. The number of hydrogen-bond donors (Lipinski definition) is 0. The molecule has 7 heteroatoms. The summed E-state index contributed by atoms with van der Waals surface area (Å²) in [7, 11) is 0. The molecule has 0 N–H and O–H groups in total. The molecule has 1 rings (SSSR count). The fourth-order valence-electron chi connectivity index (χ4n) is 1.27. The molecule has 0 aromatic rings. The molecule has 0 bridgehead atoms. The maximum Gasteiger partial charge on any atom is 0.370 e. The first-order valence-electron chi connectivity index (χ1n) is 5.09. The Morgan fingerprint density at radius 3 is 2.59 bits per heavy atom. The van der Waals surface area contributed by atoms with Gasteiger partial charge in [0.15, 0.2) is 0 Å². The Balaban J connectivity index is 2.46. The zero-order chi connectivity index (χ0) is 12.7. The van der Waals surface area contributed by atoms with E-state index in [1.807, 2.05) is 0 Å². The van der Waals surface area contributed by atoms with Crippen LogP contribution in [-0.4, -0.2) is 49.4 Å². The van der Waals surface area contributed by atoms with E-state index in [2.05, 4.69) is 16.1 Å². The third-order valence-electron chi connectivity index (χ3n) is 1.96. The van der Waals surface area contributed by atoms with Crippen LogP contribution < -0.4 is 0 Å². The van der Waals surface area contributed by atoms with Gasteiger partial charge in [0.25, 0.3) is 0 Å². The molecule has 0 aromatic carbocycles. The van der Waals surface area contributed by atoms with E-state index in [4.69, 9.17) is 15.9 Å². The van der Waals surface area contributed by atoms with Crippen molar-refractivity contribution < 1.29 is 19.1 Å². The van der Waals surface area contributed by atoms with Crippen molar-refractivity contribution in [1.29, 1.82) is 0 Å². The van der Waals surface area contributed by atoms with Gasteiger partial charge >= 0.3 is 12.1 Å². The van der Waals surface area contributed by atoms with Gasteiger partial charge in [0.1, 0.15) is 6.61 Å². The summed E-state index contributed by atoms with van der Waals surface area (Å²) in [6, 6.07) is -1.37. The van der Waals surface area contributed by atoms with Gasteiger partial charge in [-0.3, -0.25) is 0 Å². The number of carbonyl (C=O) groups excluding carboxylic acids is 2. The first-order chi connectivity index (χ1) is 8.19. The maximum absolute atomic E-state index is 11.2. The summed E-state index contributed by atoms with van der Waals surface area (Å²) < 4.78 is 10.4. The number of urea groups is 2. The Kier molecular flexibility index (Phi) is 5.26. The molecule has 0 radical (unpaired) electrons. The SMILES string of the molecule is C#CCOCC(CN1C(=O)N=NC1=O)OCC. The zero-order valence-corrected chi connectivity index (χ0v) is 9.46. The predicted molar refractivity (Wildman–Crippen MR) is 57.4 cm³/mol. The maximum atomic E-state index is 11.2. The molecule has 1 heterocycles. The predicted octanol–water partition coefficient (Wildman–Crippen LogP) is 1.05. The van der Waals surface area contributed by atoms with E-state index in [1.54, 1.807) is 6.92 Å². The highest BCUT2D eigenvalue weighted by Gasteiger charge is 2.30. The van der Waals surface area contributed by atoms with Gasteiger partial charge < -0.3 is 9.47 Å². The van der Waals surface area contributed by atoms with Crippen molar-refractivity contribution in [2.24, 2.45) is 10.2 Å². The minimum absolute atomic E-state index is 0.0586. The van der Waals surface area contributed by atoms with Gasteiger partial charge in [0.05, 0.1) is 19.3 Å². The van der Waals surface area contributed by atoms with Crippen LogP contribution in [0.4, 0.5) is 9.59 Å². The van der Waals surface area contributed by atoms with Crippen LogP contribution in [-0.2, 0) is 9.47 Å². The molecule has 1 unspecified atom stereocenters. The molecular weight excluding hydrogens is 226 g/mol. The molecule has 7 nitrogen and oxygen atoms in total. The number of terminal acetylenes is 1. The second-order valence-electron chi connectivity index (χ2n) is 3.17. The summed E-state index contributed by atoms with van der Waals surface area (Å²) in [5.74, 6) is 2.31. The molecule has 17 heavy (non-hydrogen) atoms. The molecule has 1 aliphatic rings. The Labute approximate surface area is 98.8 Å². The van der Waals surface area contributed by atoms with Crippen molar-refractivity contribution >= 4 is 12.1 Å². The van der Waals surface area contributed by atoms with Crippen molar-refractivity contribution in [3.05, 3.63) is 0 Å². The summed E-state index contributed by atoms with van der Waals surface area (Å²) in [6.07, 6.45) is 4.61. The van der Waals surface area contributed by atoms with Crippen LogP contribution in [0, 0.1) is 12.3 Å². The van der Waals surface area contributed by atoms with Crippen LogP contribution in [0.3, 0.4) is 0 Å². The quantitative estimate of drug-likeness (QED) is 0.491. The molecule has 0 aliphatic carbocycles. The van der Waals surface area contributed by atoms with E-state index in [-0.39, 0.29) is 19.8 Å². The van der Waals surface area contributed by atoms with Crippen LogP contribution in [0.2, 0.25) is 0 Å². The number of imide groups is 1. The third kappa shape index (κ3) is 3.94. The van der Waals surface area contributed by atoms with Crippen molar-refractivity contribution in [2.45, 2.75) is 13.0 Å². The average Bonchev–Trinajstić information content (AvgIpc) is 2.61. The highest BCUT2D eigenvalue weighted by molar-refractivity contribution is 5.98. The van der Waals surface area contributed by atoms with Crippen LogP contribution in [0.1, 0.15) is 6.92 Å². The molecule has 1 atom stereocenters. The third-order valence-corrected chi connectivity index (χ3v) is 1.96. The lowest BCUT2D eigenvalue weighted by Gasteiger charge is -2.20. The van der Waals surface area contributed by atoms with Crippen LogP contribution in [0.5, 0.6) is 0 Å². The lowest BCUT2D eigenvalue weighted by molar-refractivity contribution is -0.0105. The summed E-state index contributed by atoms with van der Waals surface area (Å²) in [4.78, 5) is 23.2. The lowest BCUT2D eigenvalue weighted by atomic mass is 10.3. The largest absolute Gasteiger partial charge is 0.374 e.